The number of phenols is 1. The van der Waals surface area contributed by atoms with Gasteiger partial charge in [-0.15, -0.1) is 0 Å². The van der Waals surface area contributed by atoms with Crippen LogP contribution in [0.4, 0.5) is 0 Å². The highest BCUT2D eigenvalue weighted by Gasteiger charge is 2.08. The Bertz CT molecular complexity index is 862. The van der Waals surface area contributed by atoms with Gasteiger partial charge < -0.3 is 15.0 Å². The molecule has 0 fully saturated rings. The molecule has 2 N–H and O–H groups in total. The molecular formula is C22H28IN3O2. The van der Waals surface area contributed by atoms with E-state index in [1.807, 2.05) is 44.4 Å². The predicted octanol–water partition coefficient (Wildman–Crippen LogP) is 5.22. The van der Waals surface area contributed by atoms with Crippen molar-refractivity contribution in [1.29, 1.82) is 0 Å². The Balaban J connectivity index is 0.000000921. The highest BCUT2D eigenvalue weighted by molar-refractivity contribution is 14.1. The van der Waals surface area contributed by atoms with E-state index in [-0.39, 0.29) is 11.7 Å². The first-order valence-corrected chi connectivity index (χ1v) is 10.5. The molecule has 1 amide bonds. The summed E-state index contributed by atoms with van der Waals surface area (Å²) >= 11 is 2.29. The minimum absolute atomic E-state index is 0.0753. The van der Waals surface area contributed by atoms with Gasteiger partial charge in [0.25, 0.3) is 5.91 Å². The van der Waals surface area contributed by atoms with Gasteiger partial charge in [-0.25, -0.2) is 4.98 Å². The van der Waals surface area contributed by atoms with Gasteiger partial charge >= 0.3 is 0 Å². The molecule has 0 aliphatic carbocycles. The molecule has 150 valence electrons. The second-order valence-electron chi connectivity index (χ2n) is 5.38. The number of hydrogen-bond donors (Lipinski definition) is 2. The third-order valence-corrected chi connectivity index (χ3v) is 4.25. The van der Waals surface area contributed by atoms with Gasteiger partial charge in [-0.05, 0) is 58.5 Å². The highest BCUT2D eigenvalue weighted by Crippen LogP contribution is 2.12. The van der Waals surface area contributed by atoms with Crippen LogP contribution in [-0.4, -0.2) is 20.6 Å². The molecule has 5 nitrogen and oxygen atoms in total. The van der Waals surface area contributed by atoms with E-state index in [1.165, 1.54) is 21.3 Å². The van der Waals surface area contributed by atoms with Crippen molar-refractivity contribution < 1.29 is 9.90 Å². The van der Waals surface area contributed by atoms with Gasteiger partial charge in [0.05, 0.1) is 18.6 Å². The summed E-state index contributed by atoms with van der Waals surface area (Å²) < 4.78 is 3.19. The molecule has 2 aromatic carbocycles. The Morgan fingerprint density at radius 3 is 2.50 bits per heavy atom. The summed E-state index contributed by atoms with van der Waals surface area (Å²) in [4.78, 5) is 16.3. The molecule has 0 aliphatic heterocycles. The van der Waals surface area contributed by atoms with Gasteiger partial charge in [0.1, 0.15) is 5.75 Å². The standard InChI is InChI=1S/C18H16IN3O2.2C2H6/c19-15-5-1-3-13(7-15)11-22-12-20-9-16(22)10-21-18(24)14-4-2-6-17(23)8-14;2*1-2/h1-9,12,23H,10-11H2,(H,21,24);2*1-2H3. The summed E-state index contributed by atoms with van der Waals surface area (Å²) in [6.07, 6.45) is 3.51. The zero-order valence-corrected chi connectivity index (χ0v) is 19.0. The van der Waals surface area contributed by atoms with E-state index in [0.29, 0.717) is 18.7 Å². The van der Waals surface area contributed by atoms with Crippen LogP contribution >= 0.6 is 22.6 Å². The smallest absolute Gasteiger partial charge is 0.251 e. The molecule has 0 saturated carbocycles. The average Bonchev–Trinajstić information content (AvgIpc) is 3.16. The highest BCUT2D eigenvalue weighted by atomic mass is 127. The number of amides is 1. The molecule has 0 aliphatic rings. The quantitative estimate of drug-likeness (QED) is 0.479. The van der Waals surface area contributed by atoms with E-state index in [0.717, 1.165) is 5.69 Å². The van der Waals surface area contributed by atoms with E-state index < -0.39 is 0 Å². The van der Waals surface area contributed by atoms with E-state index >= 15 is 0 Å². The Morgan fingerprint density at radius 1 is 1.11 bits per heavy atom. The first kappa shape index (κ1) is 23.7. The van der Waals surface area contributed by atoms with Crippen LogP contribution in [0.15, 0.2) is 61.1 Å². The van der Waals surface area contributed by atoms with Crippen LogP contribution < -0.4 is 5.32 Å². The van der Waals surface area contributed by atoms with Crippen molar-refractivity contribution in [1.82, 2.24) is 14.9 Å². The van der Waals surface area contributed by atoms with Gasteiger partial charge in [0, 0.05) is 21.9 Å². The van der Waals surface area contributed by atoms with Gasteiger partial charge in [0.15, 0.2) is 0 Å². The molecule has 3 aromatic rings. The largest absolute Gasteiger partial charge is 0.508 e. The molecule has 0 unspecified atom stereocenters. The molecule has 3 rings (SSSR count). The number of rotatable bonds is 5. The van der Waals surface area contributed by atoms with Crippen LogP contribution in [0.2, 0.25) is 0 Å². The van der Waals surface area contributed by atoms with E-state index in [1.54, 1.807) is 24.7 Å². The maximum atomic E-state index is 12.2. The average molecular weight is 493 g/mol. The Hall–Kier alpha value is -2.35. The molecule has 0 saturated heterocycles. The zero-order chi connectivity index (χ0) is 20.9. The summed E-state index contributed by atoms with van der Waals surface area (Å²) in [6.45, 7) is 9.08. The number of aromatic nitrogens is 2. The number of phenolic OH excluding ortho intramolecular Hbond substituents is 1. The molecule has 0 radical (unpaired) electrons. The maximum absolute atomic E-state index is 12.2. The normalized spacial score (nSPS) is 9.46. The van der Waals surface area contributed by atoms with Crippen LogP contribution in [0.3, 0.4) is 0 Å². The minimum atomic E-state index is -0.229. The lowest BCUT2D eigenvalue weighted by molar-refractivity contribution is 0.0949. The van der Waals surface area contributed by atoms with Gasteiger partial charge in [-0.3, -0.25) is 4.79 Å². The van der Waals surface area contributed by atoms with Crippen molar-refractivity contribution in [2.45, 2.75) is 40.8 Å². The van der Waals surface area contributed by atoms with E-state index in [4.69, 9.17) is 0 Å². The third-order valence-electron chi connectivity index (χ3n) is 3.58. The summed E-state index contributed by atoms with van der Waals surface area (Å²) in [7, 11) is 0. The lowest BCUT2D eigenvalue weighted by atomic mass is 10.2. The number of carbonyl (C=O) groups is 1. The summed E-state index contributed by atoms with van der Waals surface area (Å²) in [5.41, 5.74) is 2.53. The SMILES string of the molecule is CC.CC.O=C(NCc1cncn1Cc1cccc(I)c1)c1cccc(O)c1. The van der Waals surface area contributed by atoms with Crippen LogP contribution in [0.25, 0.3) is 0 Å². The summed E-state index contributed by atoms with van der Waals surface area (Å²) in [5.74, 6) is -0.153. The van der Waals surface area contributed by atoms with Crippen molar-refractivity contribution in [3.63, 3.8) is 0 Å². The summed E-state index contributed by atoms with van der Waals surface area (Å²) in [5, 5.41) is 12.3. The maximum Gasteiger partial charge on any atom is 0.251 e. The van der Waals surface area contributed by atoms with Crippen LogP contribution in [-0.2, 0) is 13.1 Å². The second-order valence-corrected chi connectivity index (χ2v) is 6.62. The second kappa shape index (κ2) is 12.9. The first-order chi connectivity index (χ1) is 13.6. The number of nitrogens with one attached hydrogen (secondary N) is 1. The monoisotopic (exact) mass is 493 g/mol. The molecule has 1 aromatic heterocycles. The molecule has 28 heavy (non-hydrogen) atoms. The van der Waals surface area contributed by atoms with Crippen LogP contribution in [0, 0.1) is 3.57 Å². The van der Waals surface area contributed by atoms with Crippen molar-refractivity contribution in [2.24, 2.45) is 0 Å². The fraction of sp³-hybridized carbons (Fsp3) is 0.273. The number of benzene rings is 2. The molecule has 0 spiro atoms. The van der Waals surface area contributed by atoms with E-state index in [9.17, 15) is 9.90 Å². The number of hydrogen-bond acceptors (Lipinski definition) is 3. The fourth-order valence-corrected chi connectivity index (χ4v) is 3.00. The number of carbonyl (C=O) groups excluding carboxylic acids is 1. The lowest BCUT2D eigenvalue weighted by Gasteiger charge is -2.10. The third kappa shape index (κ3) is 7.34. The van der Waals surface area contributed by atoms with Crippen molar-refractivity contribution >= 4 is 28.5 Å². The van der Waals surface area contributed by atoms with Crippen molar-refractivity contribution in [2.75, 3.05) is 0 Å². The molecule has 0 atom stereocenters. The van der Waals surface area contributed by atoms with Gasteiger partial charge in [-0.2, -0.15) is 0 Å². The van der Waals surface area contributed by atoms with Gasteiger partial charge in [-0.1, -0.05) is 45.9 Å². The molecule has 0 bridgehead atoms. The Kier molecular flexibility index (Phi) is 10.9. The topological polar surface area (TPSA) is 67.2 Å². The number of imidazole rings is 1. The van der Waals surface area contributed by atoms with Crippen molar-refractivity contribution in [3.8, 4) is 5.75 Å². The van der Waals surface area contributed by atoms with E-state index in [2.05, 4.69) is 45.0 Å². The molecule has 6 heteroatoms. The fourth-order valence-electron chi connectivity index (χ4n) is 2.39. The molecular weight excluding hydrogens is 465 g/mol. The van der Waals surface area contributed by atoms with Crippen LogP contribution in [0.5, 0.6) is 5.75 Å². The predicted molar refractivity (Wildman–Crippen MR) is 122 cm³/mol. The van der Waals surface area contributed by atoms with Gasteiger partial charge in [0.2, 0.25) is 0 Å². The first-order valence-electron chi connectivity index (χ1n) is 9.42. The Morgan fingerprint density at radius 2 is 1.82 bits per heavy atom. The Labute approximate surface area is 181 Å². The van der Waals surface area contributed by atoms with Crippen molar-refractivity contribution in [3.05, 3.63) is 81.4 Å². The number of halogens is 1. The minimum Gasteiger partial charge on any atom is -0.508 e. The van der Waals surface area contributed by atoms with Crippen LogP contribution in [0.1, 0.15) is 49.3 Å². The zero-order valence-electron chi connectivity index (χ0n) is 16.8. The molecule has 1 heterocycles. The number of aromatic hydroxyl groups is 1. The summed E-state index contributed by atoms with van der Waals surface area (Å²) in [6, 6.07) is 14.5. The number of nitrogens with zero attached hydrogens (tertiary/aromatic N) is 2. The lowest BCUT2D eigenvalue weighted by Crippen LogP contribution is -2.24.